The first-order valence-electron chi connectivity index (χ1n) is 6.80. The summed E-state index contributed by atoms with van der Waals surface area (Å²) in [5, 5.41) is 3.20. The van der Waals surface area contributed by atoms with Gasteiger partial charge in [-0.15, -0.1) is 0 Å². The van der Waals surface area contributed by atoms with E-state index in [9.17, 15) is 4.79 Å². The maximum absolute atomic E-state index is 11.4. The normalized spacial score (nSPS) is 29.4. The van der Waals surface area contributed by atoms with Gasteiger partial charge in [-0.25, -0.2) is 0 Å². The SMILES string of the molecule is O=C1CCC2(CCCN(Cc3ccoc3)CC2)N1. The van der Waals surface area contributed by atoms with Crippen molar-refractivity contribution in [3.8, 4) is 0 Å². The van der Waals surface area contributed by atoms with Gasteiger partial charge in [0.1, 0.15) is 0 Å². The van der Waals surface area contributed by atoms with Crippen molar-refractivity contribution in [1.29, 1.82) is 0 Å². The summed E-state index contributed by atoms with van der Waals surface area (Å²) >= 11 is 0. The molecule has 4 heteroatoms. The second-order valence-corrected chi connectivity index (χ2v) is 5.59. The highest BCUT2D eigenvalue weighted by Gasteiger charge is 2.38. The summed E-state index contributed by atoms with van der Waals surface area (Å²) in [6, 6.07) is 2.03. The molecule has 2 aliphatic heterocycles. The molecule has 1 unspecified atom stereocenters. The number of carbonyl (C=O) groups is 1. The third kappa shape index (κ3) is 2.43. The molecule has 1 amide bonds. The zero-order valence-electron chi connectivity index (χ0n) is 10.7. The molecule has 1 atom stereocenters. The lowest BCUT2D eigenvalue weighted by Gasteiger charge is -2.27. The van der Waals surface area contributed by atoms with Crippen molar-refractivity contribution in [2.75, 3.05) is 13.1 Å². The Morgan fingerprint density at radius 3 is 3.00 bits per heavy atom. The van der Waals surface area contributed by atoms with Crippen LogP contribution in [0, 0.1) is 0 Å². The summed E-state index contributed by atoms with van der Waals surface area (Å²) in [7, 11) is 0. The van der Waals surface area contributed by atoms with Crippen molar-refractivity contribution in [3.05, 3.63) is 24.2 Å². The Balaban J connectivity index is 1.60. The molecular formula is C14H20N2O2. The van der Waals surface area contributed by atoms with Crippen LogP contribution in [0.3, 0.4) is 0 Å². The summed E-state index contributed by atoms with van der Waals surface area (Å²) in [5.74, 6) is 0.235. The lowest BCUT2D eigenvalue weighted by molar-refractivity contribution is -0.119. The number of nitrogens with one attached hydrogen (secondary N) is 1. The van der Waals surface area contributed by atoms with Gasteiger partial charge in [0.25, 0.3) is 0 Å². The van der Waals surface area contributed by atoms with Gasteiger partial charge in [0.2, 0.25) is 5.91 Å². The number of hydrogen-bond donors (Lipinski definition) is 1. The minimum absolute atomic E-state index is 0.0994. The standard InChI is InChI=1S/C14H20N2O2/c17-13-2-5-14(15-13)4-1-7-16(8-6-14)10-12-3-9-18-11-12/h3,9,11H,1-2,4-8,10H2,(H,15,17). The van der Waals surface area contributed by atoms with Crippen molar-refractivity contribution in [1.82, 2.24) is 10.2 Å². The van der Waals surface area contributed by atoms with Crippen molar-refractivity contribution in [3.63, 3.8) is 0 Å². The minimum atomic E-state index is 0.0994. The van der Waals surface area contributed by atoms with Crippen LogP contribution in [0.5, 0.6) is 0 Å². The van der Waals surface area contributed by atoms with Crippen LogP contribution in [-0.2, 0) is 11.3 Å². The zero-order chi connectivity index (χ0) is 12.4. The second-order valence-electron chi connectivity index (χ2n) is 5.59. The first-order valence-corrected chi connectivity index (χ1v) is 6.80. The molecule has 0 saturated carbocycles. The molecule has 2 saturated heterocycles. The molecule has 0 aliphatic carbocycles. The van der Waals surface area contributed by atoms with E-state index < -0.39 is 0 Å². The van der Waals surface area contributed by atoms with E-state index in [1.54, 1.807) is 6.26 Å². The van der Waals surface area contributed by atoms with E-state index in [1.165, 1.54) is 5.56 Å². The van der Waals surface area contributed by atoms with Gasteiger partial charge in [0, 0.05) is 30.6 Å². The molecule has 0 aromatic carbocycles. The van der Waals surface area contributed by atoms with Gasteiger partial charge in [-0.2, -0.15) is 0 Å². The molecule has 3 heterocycles. The molecule has 1 spiro atoms. The molecule has 4 nitrogen and oxygen atoms in total. The van der Waals surface area contributed by atoms with E-state index >= 15 is 0 Å². The molecule has 0 bridgehead atoms. The van der Waals surface area contributed by atoms with E-state index in [0.29, 0.717) is 6.42 Å². The summed E-state index contributed by atoms with van der Waals surface area (Å²) in [5.41, 5.74) is 1.34. The average molecular weight is 248 g/mol. The van der Waals surface area contributed by atoms with Crippen LogP contribution < -0.4 is 5.32 Å². The van der Waals surface area contributed by atoms with Crippen LogP contribution in [0.2, 0.25) is 0 Å². The lowest BCUT2D eigenvalue weighted by atomic mass is 9.89. The van der Waals surface area contributed by atoms with E-state index in [1.807, 2.05) is 12.3 Å². The van der Waals surface area contributed by atoms with Crippen LogP contribution in [0.1, 0.15) is 37.7 Å². The fraction of sp³-hybridized carbons (Fsp3) is 0.643. The fourth-order valence-corrected chi connectivity index (χ4v) is 3.20. The van der Waals surface area contributed by atoms with Crippen molar-refractivity contribution < 1.29 is 9.21 Å². The number of hydrogen-bond acceptors (Lipinski definition) is 3. The van der Waals surface area contributed by atoms with E-state index in [4.69, 9.17) is 4.42 Å². The molecule has 2 aliphatic rings. The van der Waals surface area contributed by atoms with Gasteiger partial charge < -0.3 is 9.73 Å². The number of carbonyl (C=O) groups excluding carboxylic acids is 1. The number of nitrogens with zero attached hydrogens (tertiary/aromatic N) is 1. The van der Waals surface area contributed by atoms with Crippen molar-refractivity contribution >= 4 is 5.91 Å². The summed E-state index contributed by atoms with van der Waals surface area (Å²) < 4.78 is 5.11. The third-order valence-corrected chi connectivity index (χ3v) is 4.26. The highest BCUT2D eigenvalue weighted by Crippen LogP contribution is 2.31. The predicted octanol–water partition coefficient (Wildman–Crippen LogP) is 1.91. The van der Waals surface area contributed by atoms with Crippen LogP contribution in [0.4, 0.5) is 0 Å². The molecule has 1 N–H and O–H groups in total. The molecule has 18 heavy (non-hydrogen) atoms. The Kier molecular flexibility index (Phi) is 3.12. The van der Waals surface area contributed by atoms with Gasteiger partial charge in [0.05, 0.1) is 12.5 Å². The maximum Gasteiger partial charge on any atom is 0.220 e. The van der Waals surface area contributed by atoms with Crippen molar-refractivity contribution in [2.24, 2.45) is 0 Å². The van der Waals surface area contributed by atoms with Crippen LogP contribution in [0.15, 0.2) is 23.0 Å². The Morgan fingerprint density at radius 1 is 1.33 bits per heavy atom. The Morgan fingerprint density at radius 2 is 2.28 bits per heavy atom. The molecular weight excluding hydrogens is 228 g/mol. The number of furan rings is 1. The monoisotopic (exact) mass is 248 g/mol. The quantitative estimate of drug-likeness (QED) is 0.869. The maximum atomic E-state index is 11.4. The molecule has 3 rings (SSSR count). The zero-order valence-corrected chi connectivity index (χ0v) is 10.7. The molecule has 0 radical (unpaired) electrons. The molecule has 1 aromatic heterocycles. The number of likely N-dealkylation sites (tertiary alicyclic amines) is 1. The van der Waals surface area contributed by atoms with Crippen LogP contribution in [-0.4, -0.2) is 29.4 Å². The van der Waals surface area contributed by atoms with E-state index in [-0.39, 0.29) is 11.4 Å². The minimum Gasteiger partial charge on any atom is -0.472 e. The predicted molar refractivity (Wildman–Crippen MR) is 67.9 cm³/mol. The summed E-state index contributed by atoms with van der Waals surface area (Å²) in [4.78, 5) is 13.9. The lowest BCUT2D eigenvalue weighted by Crippen LogP contribution is -2.42. The van der Waals surface area contributed by atoms with Gasteiger partial charge in [-0.05, 0) is 38.3 Å². The molecule has 98 valence electrons. The number of rotatable bonds is 2. The summed E-state index contributed by atoms with van der Waals surface area (Å²) in [6.07, 6.45) is 8.65. The first kappa shape index (κ1) is 11.8. The third-order valence-electron chi connectivity index (χ3n) is 4.26. The largest absolute Gasteiger partial charge is 0.472 e. The van der Waals surface area contributed by atoms with E-state index in [2.05, 4.69) is 10.2 Å². The van der Waals surface area contributed by atoms with Crippen LogP contribution in [0.25, 0.3) is 0 Å². The molecule has 2 fully saturated rings. The van der Waals surface area contributed by atoms with Gasteiger partial charge in [-0.3, -0.25) is 9.69 Å². The second kappa shape index (κ2) is 4.76. The van der Waals surface area contributed by atoms with Crippen LogP contribution >= 0.6 is 0 Å². The molecule has 1 aromatic rings. The Hall–Kier alpha value is -1.29. The Labute approximate surface area is 107 Å². The van der Waals surface area contributed by atoms with Gasteiger partial charge in [0.15, 0.2) is 0 Å². The highest BCUT2D eigenvalue weighted by molar-refractivity contribution is 5.79. The Bertz CT molecular complexity index is 415. The highest BCUT2D eigenvalue weighted by atomic mass is 16.3. The average Bonchev–Trinajstić information content (AvgIpc) is 2.92. The van der Waals surface area contributed by atoms with Crippen molar-refractivity contribution in [2.45, 2.75) is 44.2 Å². The van der Waals surface area contributed by atoms with Gasteiger partial charge >= 0.3 is 0 Å². The topological polar surface area (TPSA) is 45.5 Å². The number of amides is 1. The smallest absolute Gasteiger partial charge is 0.220 e. The van der Waals surface area contributed by atoms with Gasteiger partial charge in [-0.1, -0.05) is 0 Å². The first-order chi connectivity index (χ1) is 8.76. The fourth-order valence-electron chi connectivity index (χ4n) is 3.20. The summed E-state index contributed by atoms with van der Waals surface area (Å²) in [6.45, 7) is 3.13. The van der Waals surface area contributed by atoms with E-state index in [0.717, 1.165) is 45.3 Å².